The lowest BCUT2D eigenvalue weighted by molar-refractivity contribution is -0.137. The van der Waals surface area contributed by atoms with Gasteiger partial charge in [0.25, 0.3) is 5.91 Å². The highest BCUT2D eigenvalue weighted by molar-refractivity contribution is 6.02. The monoisotopic (exact) mass is 439 g/mol. The molecule has 1 N–H and O–H groups in total. The Labute approximate surface area is 180 Å². The van der Waals surface area contributed by atoms with Crippen molar-refractivity contribution in [2.75, 3.05) is 0 Å². The number of alkyl halides is 4. The van der Waals surface area contributed by atoms with Crippen LogP contribution in [0.25, 0.3) is 21.9 Å². The first-order chi connectivity index (χ1) is 15.3. The fourth-order valence-corrected chi connectivity index (χ4v) is 3.39. The van der Waals surface area contributed by atoms with Crippen molar-refractivity contribution in [3.8, 4) is 11.1 Å². The summed E-state index contributed by atoms with van der Waals surface area (Å²) in [5.41, 5.74) is 1.62. The highest BCUT2D eigenvalue weighted by Gasteiger charge is 2.30. The minimum atomic E-state index is -4.39. The Balaban J connectivity index is 1.56. The topological polar surface area (TPSA) is 54.9 Å². The van der Waals surface area contributed by atoms with Gasteiger partial charge in [-0.25, -0.2) is 14.4 Å². The molecule has 0 saturated carbocycles. The number of amides is 1. The number of carbonyl (C=O) groups excluding carboxylic acids is 1. The molecular formula is C24H17F4N3O. The summed E-state index contributed by atoms with van der Waals surface area (Å²) in [6.07, 6.45) is -2.96. The van der Waals surface area contributed by atoms with Crippen LogP contribution < -0.4 is 5.32 Å². The summed E-state index contributed by atoms with van der Waals surface area (Å²) in [7, 11) is 0. The number of aromatic nitrogens is 2. The van der Waals surface area contributed by atoms with E-state index in [0.29, 0.717) is 16.8 Å². The van der Waals surface area contributed by atoms with Gasteiger partial charge < -0.3 is 5.32 Å². The lowest BCUT2D eigenvalue weighted by atomic mass is 9.96. The zero-order valence-corrected chi connectivity index (χ0v) is 16.7. The zero-order chi connectivity index (χ0) is 22.7. The first kappa shape index (κ1) is 21.4. The van der Waals surface area contributed by atoms with Crippen LogP contribution in [-0.2, 0) is 19.4 Å². The number of nitrogens with one attached hydrogen (secondary N) is 1. The van der Waals surface area contributed by atoms with Crippen LogP contribution in [0.2, 0.25) is 0 Å². The third-order valence-electron chi connectivity index (χ3n) is 4.98. The summed E-state index contributed by atoms with van der Waals surface area (Å²) in [5.74, 6) is -0.273. The Morgan fingerprint density at radius 3 is 2.47 bits per heavy atom. The minimum absolute atomic E-state index is 0.0539. The van der Waals surface area contributed by atoms with Gasteiger partial charge in [-0.3, -0.25) is 4.79 Å². The molecule has 1 aromatic heterocycles. The molecule has 0 bridgehead atoms. The second-order valence-electron chi connectivity index (χ2n) is 7.10. The molecule has 0 aliphatic rings. The van der Waals surface area contributed by atoms with E-state index in [4.69, 9.17) is 0 Å². The summed E-state index contributed by atoms with van der Waals surface area (Å²) in [4.78, 5) is 20.3. The van der Waals surface area contributed by atoms with E-state index < -0.39 is 18.4 Å². The quantitative estimate of drug-likeness (QED) is 0.405. The van der Waals surface area contributed by atoms with E-state index in [1.807, 2.05) is 12.1 Å². The van der Waals surface area contributed by atoms with E-state index in [0.717, 1.165) is 28.5 Å². The highest BCUT2D eigenvalue weighted by atomic mass is 19.4. The molecule has 4 aromatic rings. The van der Waals surface area contributed by atoms with Gasteiger partial charge in [-0.05, 0) is 52.2 Å². The Morgan fingerprint density at radius 1 is 0.969 bits per heavy atom. The molecule has 8 heteroatoms. The second kappa shape index (κ2) is 8.74. The van der Waals surface area contributed by atoms with Crippen molar-refractivity contribution in [1.29, 1.82) is 0 Å². The van der Waals surface area contributed by atoms with Gasteiger partial charge in [0.15, 0.2) is 5.82 Å². The van der Waals surface area contributed by atoms with E-state index in [2.05, 4.69) is 15.3 Å². The Kier molecular flexibility index (Phi) is 5.85. The SMILES string of the molecule is O=C(NCc1ccnc(CF)n1)c1ccc2c(-c3ccc(C(F)(F)F)cc3)cccc2c1. The molecule has 0 aliphatic carbocycles. The van der Waals surface area contributed by atoms with Gasteiger partial charge in [-0.2, -0.15) is 13.2 Å². The Morgan fingerprint density at radius 2 is 1.75 bits per heavy atom. The Hall–Kier alpha value is -3.81. The second-order valence-corrected chi connectivity index (χ2v) is 7.10. The predicted octanol–water partition coefficient (Wildman–Crippen LogP) is 5.72. The average molecular weight is 439 g/mol. The van der Waals surface area contributed by atoms with Crippen LogP contribution in [0.5, 0.6) is 0 Å². The maximum atomic E-state index is 12.8. The van der Waals surface area contributed by atoms with Crippen molar-refractivity contribution in [3.05, 3.63) is 95.6 Å². The molecular weight excluding hydrogens is 422 g/mol. The molecule has 0 radical (unpaired) electrons. The van der Waals surface area contributed by atoms with E-state index in [1.165, 1.54) is 18.3 Å². The van der Waals surface area contributed by atoms with Crippen LogP contribution >= 0.6 is 0 Å². The summed E-state index contributed by atoms with van der Waals surface area (Å²) in [5, 5.41) is 4.33. The molecule has 162 valence electrons. The summed E-state index contributed by atoms with van der Waals surface area (Å²) in [6, 6.07) is 17.1. The normalized spacial score (nSPS) is 11.5. The van der Waals surface area contributed by atoms with Crippen molar-refractivity contribution in [3.63, 3.8) is 0 Å². The first-order valence-electron chi connectivity index (χ1n) is 9.70. The number of hydrogen-bond acceptors (Lipinski definition) is 3. The summed E-state index contributed by atoms with van der Waals surface area (Å²) in [6.45, 7) is -0.661. The van der Waals surface area contributed by atoms with Gasteiger partial charge in [-0.15, -0.1) is 0 Å². The van der Waals surface area contributed by atoms with Crippen LogP contribution in [0.1, 0.15) is 27.4 Å². The molecule has 0 spiro atoms. The molecule has 32 heavy (non-hydrogen) atoms. The van der Waals surface area contributed by atoms with Crippen LogP contribution in [-0.4, -0.2) is 15.9 Å². The van der Waals surface area contributed by atoms with Crippen molar-refractivity contribution in [2.24, 2.45) is 0 Å². The smallest absolute Gasteiger partial charge is 0.346 e. The van der Waals surface area contributed by atoms with Crippen LogP contribution in [0.15, 0.2) is 72.9 Å². The fraction of sp³-hybridized carbons (Fsp3) is 0.125. The molecule has 0 atom stereocenters. The molecule has 0 unspecified atom stereocenters. The van der Waals surface area contributed by atoms with E-state index in [1.54, 1.807) is 30.3 Å². The van der Waals surface area contributed by atoms with E-state index in [9.17, 15) is 22.4 Å². The molecule has 1 amide bonds. The number of halogens is 4. The van der Waals surface area contributed by atoms with E-state index >= 15 is 0 Å². The highest BCUT2D eigenvalue weighted by Crippen LogP contribution is 2.33. The standard InChI is InChI=1S/C24H17F4N3O/c25-13-22-29-11-10-19(31-22)14-30-23(32)17-6-9-21-16(12-17)2-1-3-20(21)15-4-7-18(8-5-15)24(26,27)28/h1-12H,13-14H2,(H,30,32). The van der Waals surface area contributed by atoms with E-state index in [-0.39, 0.29) is 18.3 Å². The molecule has 0 fully saturated rings. The van der Waals surface area contributed by atoms with Crippen molar-refractivity contribution in [2.45, 2.75) is 19.4 Å². The fourth-order valence-electron chi connectivity index (χ4n) is 3.39. The van der Waals surface area contributed by atoms with Gasteiger partial charge in [0.05, 0.1) is 17.8 Å². The van der Waals surface area contributed by atoms with Crippen LogP contribution in [0.3, 0.4) is 0 Å². The van der Waals surface area contributed by atoms with Gasteiger partial charge in [-0.1, -0.05) is 36.4 Å². The minimum Gasteiger partial charge on any atom is -0.346 e. The van der Waals surface area contributed by atoms with Gasteiger partial charge in [0.2, 0.25) is 0 Å². The summed E-state index contributed by atoms with van der Waals surface area (Å²) < 4.78 is 51.2. The molecule has 0 saturated heterocycles. The molecule has 1 heterocycles. The Bertz CT molecular complexity index is 1270. The molecule has 3 aromatic carbocycles. The van der Waals surface area contributed by atoms with Crippen molar-refractivity contribution in [1.82, 2.24) is 15.3 Å². The zero-order valence-electron chi connectivity index (χ0n) is 16.7. The lowest BCUT2D eigenvalue weighted by Crippen LogP contribution is -2.23. The molecule has 0 aliphatic heterocycles. The average Bonchev–Trinajstić information content (AvgIpc) is 2.81. The van der Waals surface area contributed by atoms with Crippen LogP contribution in [0, 0.1) is 0 Å². The van der Waals surface area contributed by atoms with Crippen molar-refractivity contribution >= 4 is 16.7 Å². The largest absolute Gasteiger partial charge is 0.416 e. The third kappa shape index (κ3) is 4.59. The summed E-state index contributed by atoms with van der Waals surface area (Å²) >= 11 is 0. The molecule has 4 nitrogen and oxygen atoms in total. The van der Waals surface area contributed by atoms with Crippen molar-refractivity contribution < 1.29 is 22.4 Å². The third-order valence-corrected chi connectivity index (χ3v) is 4.98. The van der Waals surface area contributed by atoms with Gasteiger partial charge in [0, 0.05) is 11.8 Å². The maximum Gasteiger partial charge on any atom is 0.416 e. The maximum absolute atomic E-state index is 12.8. The number of nitrogens with zero attached hydrogens (tertiary/aromatic N) is 2. The van der Waals surface area contributed by atoms with Gasteiger partial charge in [0.1, 0.15) is 6.67 Å². The van der Waals surface area contributed by atoms with Crippen LogP contribution in [0.4, 0.5) is 17.6 Å². The number of rotatable bonds is 5. The number of hydrogen-bond donors (Lipinski definition) is 1. The van der Waals surface area contributed by atoms with Gasteiger partial charge >= 0.3 is 6.18 Å². The number of carbonyl (C=O) groups is 1. The predicted molar refractivity (Wildman–Crippen MR) is 112 cm³/mol. The first-order valence-corrected chi connectivity index (χ1v) is 9.70. The lowest BCUT2D eigenvalue weighted by Gasteiger charge is -2.11. The molecule has 4 rings (SSSR count). The number of benzene rings is 3. The number of fused-ring (bicyclic) bond motifs is 1.